The summed E-state index contributed by atoms with van der Waals surface area (Å²) in [5.41, 5.74) is 8.82. The van der Waals surface area contributed by atoms with Crippen molar-refractivity contribution in [3.63, 3.8) is 0 Å². The molecule has 4 heteroatoms. The molecule has 1 aromatic carbocycles. The highest BCUT2D eigenvalue weighted by atomic mass is 16.5. The molecular formula is C16H24N2O2. The van der Waals surface area contributed by atoms with Gasteiger partial charge in [-0.3, -0.25) is 0 Å². The first-order chi connectivity index (χ1) is 9.72. The van der Waals surface area contributed by atoms with Crippen LogP contribution in [-0.2, 0) is 11.2 Å². The first kappa shape index (κ1) is 13.9. The van der Waals surface area contributed by atoms with Gasteiger partial charge in [0.05, 0.1) is 6.61 Å². The van der Waals surface area contributed by atoms with E-state index < -0.39 is 0 Å². The highest BCUT2D eigenvalue weighted by molar-refractivity contribution is 5.39. The highest BCUT2D eigenvalue weighted by Crippen LogP contribution is 2.30. The molecule has 1 aromatic rings. The summed E-state index contributed by atoms with van der Waals surface area (Å²) >= 11 is 0. The van der Waals surface area contributed by atoms with E-state index in [0.29, 0.717) is 6.61 Å². The van der Waals surface area contributed by atoms with E-state index in [9.17, 15) is 0 Å². The topological polar surface area (TPSA) is 47.7 Å². The molecule has 0 aromatic heterocycles. The molecule has 1 aliphatic heterocycles. The van der Waals surface area contributed by atoms with E-state index in [1.165, 1.54) is 17.5 Å². The van der Waals surface area contributed by atoms with Crippen LogP contribution in [0.25, 0.3) is 0 Å². The van der Waals surface area contributed by atoms with Crippen LogP contribution in [0.2, 0.25) is 0 Å². The highest BCUT2D eigenvalue weighted by Gasteiger charge is 2.20. The average molecular weight is 276 g/mol. The fourth-order valence-electron chi connectivity index (χ4n) is 3.06. The zero-order valence-electron chi connectivity index (χ0n) is 12.2. The monoisotopic (exact) mass is 276 g/mol. The number of hydrogen-bond donors (Lipinski definition) is 1. The lowest BCUT2D eigenvalue weighted by Gasteiger charge is -2.30. The van der Waals surface area contributed by atoms with Crippen molar-refractivity contribution in [2.45, 2.75) is 31.4 Å². The summed E-state index contributed by atoms with van der Waals surface area (Å²) in [6.07, 6.45) is 3.57. The minimum atomic E-state index is 0.165. The fourth-order valence-corrected chi connectivity index (χ4v) is 3.06. The molecule has 0 spiro atoms. The number of nitrogens with two attached hydrogens (primary N) is 1. The molecule has 0 amide bonds. The molecule has 0 bridgehead atoms. The molecule has 0 saturated carbocycles. The number of rotatable bonds is 3. The smallest absolute Gasteiger partial charge is 0.119 e. The number of likely N-dealkylation sites (N-methyl/N-ethyl adjacent to an activating group) is 1. The van der Waals surface area contributed by atoms with Crippen LogP contribution >= 0.6 is 0 Å². The summed E-state index contributed by atoms with van der Waals surface area (Å²) in [6, 6.07) is 6.51. The Balaban J connectivity index is 1.61. The lowest BCUT2D eigenvalue weighted by atomic mass is 9.88. The number of morpholine rings is 1. The Morgan fingerprint density at radius 2 is 2.35 bits per heavy atom. The summed E-state index contributed by atoms with van der Waals surface area (Å²) in [7, 11) is 2.12. The third-order valence-electron chi connectivity index (χ3n) is 4.26. The molecule has 1 saturated heterocycles. The second-order valence-electron chi connectivity index (χ2n) is 5.93. The van der Waals surface area contributed by atoms with Crippen LogP contribution in [0.3, 0.4) is 0 Å². The number of nitrogens with zero attached hydrogens (tertiary/aromatic N) is 1. The van der Waals surface area contributed by atoms with E-state index in [-0.39, 0.29) is 12.1 Å². The SMILES string of the molecule is CN1CCOC(COc2ccc3c(c2)[C@H](N)CCC3)C1. The number of aryl methyl sites for hydroxylation is 1. The van der Waals surface area contributed by atoms with Gasteiger partial charge in [-0.15, -0.1) is 0 Å². The second-order valence-corrected chi connectivity index (χ2v) is 5.93. The third-order valence-corrected chi connectivity index (χ3v) is 4.26. The minimum Gasteiger partial charge on any atom is -0.491 e. The lowest BCUT2D eigenvalue weighted by molar-refractivity contribution is -0.0403. The Hall–Kier alpha value is -1.10. The molecule has 110 valence electrons. The number of hydrogen-bond acceptors (Lipinski definition) is 4. The Morgan fingerprint density at radius 3 is 3.20 bits per heavy atom. The molecule has 20 heavy (non-hydrogen) atoms. The quantitative estimate of drug-likeness (QED) is 0.913. The molecule has 1 fully saturated rings. The molecule has 2 N–H and O–H groups in total. The van der Waals surface area contributed by atoms with Crippen molar-refractivity contribution < 1.29 is 9.47 Å². The number of fused-ring (bicyclic) bond motifs is 1. The van der Waals surface area contributed by atoms with Crippen molar-refractivity contribution in [3.8, 4) is 5.75 Å². The summed E-state index contributed by atoms with van der Waals surface area (Å²) in [4.78, 5) is 2.28. The van der Waals surface area contributed by atoms with Gasteiger partial charge in [0.2, 0.25) is 0 Å². The van der Waals surface area contributed by atoms with Crippen LogP contribution in [0.4, 0.5) is 0 Å². The molecule has 1 heterocycles. The molecule has 1 aliphatic carbocycles. The minimum absolute atomic E-state index is 0.165. The summed E-state index contributed by atoms with van der Waals surface area (Å²) in [6.45, 7) is 3.34. The molecule has 2 atom stereocenters. The van der Waals surface area contributed by atoms with Gasteiger partial charge in [-0.1, -0.05) is 6.07 Å². The zero-order valence-corrected chi connectivity index (χ0v) is 12.2. The maximum absolute atomic E-state index is 6.19. The van der Waals surface area contributed by atoms with Gasteiger partial charge < -0.3 is 20.1 Å². The Labute approximate surface area is 120 Å². The molecule has 2 aliphatic rings. The van der Waals surface area contributed by atoms with Crippen LogP contribution in [0.15, 0.2) is 18.2 Å². The predicted octanol–water partition coefficient (Wildman–Crippen LogP) is 1.73. The number of ether oxygens (including phenoxy) is 2. The fraction of sp³-hybridized carbons (Fsp3) is 0.625. The number of benzene rings is 1. The van der Waals surface area contributed by atoms with E-state index >= 15 is 0 Å². The second kappa shape index (κ2) is 6.12. The lowest BCUT2D eigenvalue weighted by Crippen LogP contribution is -2.42. The van der Waals surface area contributed by atoms with Crippen molar-refractivity contribution in [2.75, 3.05) is 33.4 Å². The van der Waals surface area contributed by atoms with Crippen molar-refractivity contribution >= 4 is 0 Å². The average Bonchev–Trinajstić information content (AvgIpc) is 2.46. The molecule has 3 rings (SSSR count). The Morgan fingerprint density at radius 1 is 1.45 bits per heavy atom. The van der Waals surface area contributed by atoms with Gasteiger partial charge in [-0.05, 0) is 49.6 Å². The van der Waals surface area contributed by atoms with Crippen molar-refractivity contribution in [3.05, 3.63) is 29.3 Å². The van der Waals surface area contributed by atoms with Gasteiger partial charge in [0.25, 0.3) is 0 Å². The van der Waals surface area contributed by atoms with Gasteiger partial charge >= 0.3 is 0 Å². The summed E-state index contributed by atoms with van der Waals surface area (Å²) < 4.78 is 11.6. The normalized spacial score (nSPS) is 27.1. The van der Waals surface area contributed by atoms with Crippen molar-refractivity contribution in [1.29, 1.82) is 0 Å². The van der Waals surface area contributed by atoms with Crippen LogP contribution in [0, 0.1) is 0 Å². The van der Waals surface area contributed by atoms with Crippen LogP contribution in [0.5, 0.6) is 5.75 Å². The zero-order chi connectivity index (χ0) is 13.9. The summed E-state index contributed by atoms with van der Waals surface area (Å²) in [5, 5.41) is 0. The van der Waals surface area contributed by atoms with Gasteiger partial charge in [0.1, 0.15) is 18.5 Å². The van der Waals surface area contributed by atoms with E-state index in [1.807, 2.05) is 0 Å². The van der Waals surface area contributed by atoms with E-state index in [0.717, 1.165) is 38.3 Å². The standard InChI is InChI=1S/C16H24N2O2/c1-18-7-8-19-14(10-18)11-20-13-6-5-12-3-2-4-16(17)15(12)9-13/h5-6,9,14,16H,2-4,7-8,10-11,17H2,1H3/t14?,16-/m1/s1. The van der Waals surface area contributed by atoms with Gasteiger partial charge in [0.15, 0.2) is 0 Å². The molecular weight excluding hydrogens is 252 g/mol. The summed E-state index contributed by atoms with van der Waals surface area (Å²) in [5.74, 6) is 0.915. The van der Waals surface area contributed by atoms with Gasteiger partial charge in [-0.25, -0.2) is 0 Å². The van der Waals surface area contributed by atoms with Gasteiger partial charge in [-0.2, -0.15) is 0 Å². The van der Waals surface area contributed by atoms with Crippen LogP contribution in [-0.4, -0.2) is 44.4 Å². The van der Waals surface area contributed by atoms with Crippen LogP contribution in [0.1, 0.15) is 30.0 Å². The first-order valence-electron chi connectivity index (χ1n) is 7.54. The van der Waals surface area contributed by atoms with E-state index in [1.54, 1.807) is 0 Å². The Bertz CT molecular complexity index is 464. The van der Waals surface area contributed by atoms with Crippen LogP contribution < -0.4 is 10.5 Å². The van der Waals surface area contributed by atoms with Crippen molar-refractivity contribution in [2.24, 2.45) is 5.73 Å². The predicted molar refractivity (Wildman–Crippen MR) is 79.0 cm³/mol. The largest absolute Gasteiger partial charge is 0.491 e. The maximum atomic E-state index is 6.19. The molecule has 0 radical (unpaired) electrons. The third kappa shape index (κ3) is 3.14. The van der Waals surface area contributed by atoms with Crippen molar-refractivity contribution in [1.82, 2.24) is 4.90 Å². The Kier molecular flexibility index (Phi) is 4.24. The van der Waals surface area contributed by atoms with E-state index in [2.05, 4.69) is 30.1 Å². The van der Waals surface area contributed by atoms with E-state index in [4.69, 9.17) is 15.2 Å². The maximum Gasteiger partial charge on any atom is 0.119 e. The molecule has 1 unspecified atom stereocenters. The van der Waals surface area contributed by atoms with Gasteiger partial charge in [0, 0.05) is 19.1 Å². The first-order valence-corrected chi connectivity index (χ1v) is 7.54. The molecule has 4 nitrogen and oxygen atoms in total.